The zero-order valence-electron chi connectivity index (χ0n) is 10.5. The normalized spacial score (nSPS) is 13.3. The number of carbonyl (C=O) groups is 1. The van der Waals surface area contributed by atoms with Gasteiger partial charge in [-0.25, -0.2) is 4.79 Å². The monoisotopic (exact) mass is 275 g/mol. The van der Waals surface area contributed by atoms with Crippen LogP contribution in [0.25, 0.3) is 10.4 Å². The number of fused-ring (bicyclic) bond motifs is 1. The molecule has 98 valence electrons. The zero-order chi connectivity index (χ0) is 13.4. The van der Waals surface area contributed by atoms with E-state index in [0.29, 0.717) is 17.7 Å². The quantitative estimate of drug-likeness (QED) is 0.790. The van der Waals surface area contributed by atoms with Crippen LogP contribution >= 0.6 is 11.3 Å². The summed E-state index contributed by atoms with van der Waals surface area (Å²) in [5, 5.41) is 1.92. The summed E-state index contributed by atoms with van der Waals surface area (Å²) in [5.41, 5.74) is 1.89. The van der Waals surface area contributed by atoms with Crippen molar-refractivity contribution in [2.75, 3.05) is 7.11 Å². The average molecular weight is 275 g/mol. The van der Waals surface area contributed by atoms with Gasteiger partial charge < -0.3 is 9.30 Å². The van der Waals surface area contributed by atoms with Crippen molar-refractivity contribution in [1.82, 2.24) is 4.57 Å². The van der Waals surface area contributed by atoms with Crippen molar-refractivity contribution < 1.29 is 9.53 Å². The topological polar surface area (TPSA) is 48.3 Å². The number of thiophene rings is 1. The summed E-state index contributed by atoms with van der Waals surface area (Å²) >= 11 is 1.50. The fourth-order valence-electron chi connectivity index (χ4n) is 2.51. The Morgan fingerprint density at radius 3 is 3.00 bits per heavy atom. The van der Waals surface area contributed by atoms with Gasteiger partial charge in [-0.15, -0.1) is 11.3 Å². The van der Waals surface area contributed by atoms with Crippen LogP contribution in [-0.2, 0) is 17.7 Å². The first-order valence-electron chi connectivity index (χ1n) is 6.11. The van der Waals surface area contributed by atoms with Gasteiger partial charge in [0.25, 0.3) is 5.56 Å². The lowest BCUT2D eigenvalue weighted by molar-refractivity contribution is 0.0598. The van der Waals surface area contributed by atoms with Crippen molar-refractivity contribution in [2.45, 2.75) is 19.4 Å². The van der Waals surface area contributed by atoms with Gasteiger partial charge in [-0.05, 0) is 30.4 Å². The molecule has 3 rings (SSSR count). The molecule has 5 heteroatoms. The largest absolute Gasteiger partial charge is 0.465 e. The van der Waals surface area contributed by atoms with Crippen molar-refractivity contribution in [1.29, 1.82) is 0 Å². The summed E-state index contributed by atoms with van der Waals surface area (Å²) in [4.78, 5) is 25.2. The van der Waals surface area contributed by atoms with Gasteiger partial charge in [0.05, 0.1) is 18.2 Å². The van der Waals surface area contributed by atoms with E-state index in [1.54, 1.807) is 10.6 Å². The Bertz CT molecular complexity index is 685. The number of rotatable bonds is 2. The molecule has 2 aromatic rings. The molecule has 3 heterocycles. The molecule has 0 spiro atoms. The molecule has 0 saturated heterocycles. The number of methoxy groups -OCH3 is 1. The molecular formula is C14H13NO3S. The molecule has 0 fully saturated rings. The van der Waals surface area contributed by atoms with Crippen molar-refractivity contribution in [2.24, 2.45) is 0 Å². The second-order valence-electron chi connectivity index (χ2n) is 4.45. The van der Waals surface area contributed by atoms with Crippen molar-refractivity contribution >= 4 is 17.3 Å². The molecule has 1 aliphatic rings. The first-order chi connectivity index (χ1) is 9.22. The van der Waals surface area contributed by atoms with E-state index < -0.39 is 0 Å². The minimum atomic E-state index is -0.372. The van der Waals surface area contributed by atoms with Gasteiger partial charge in [0.1, 0.15) is 0 Å². The van der Waals surface area contributed by atoms with Gasteiger partial charge in [-0.2, -0.15) is 0 Å². The van der Waals surface area contributed by atoms with Crippen LogP contribution in [-0.4, -0.2) is 17.6 Å². The zero-order valence-corrected chi connectivity index (χ0v) is 11.3. The molecule has 1 aliphatic heterocycles. The van der Waals surface area contributed by atoms with Crippen LogP contribution in [0.1, 0.15) is 22.5 Å². The molecule has 19 heavy (non-hydrogen) atoms. The summed E-state index contributed by atoms with van der Waals surface area (Å²) in [5.74, 6) is -0.372. The predicted octanol–water partition coefficient (Wildman–Crippen LogP) is 2.31. The number of nitrogens with zero attached hydrogens (tertiary/aromatic N) is 1. The maximum atomic E-state index is 12.4. The van der Waals surface area contributed by atoms with Crippen LogP contribution in [0.5, 0.6) is 0 Å². The Labute approximate surface area is 114 Å². The van der Waals surface area contributed by atoms with Crippen LogP contribution in [0, 0.1) is 0 Å². The Balaban J connectivity index is 2.28. The van der Waals surface area contributed by atoms with Crippen molar-refractivity contribution in [3.05, 3.63) is 45.2 Å². The van der Waals surface area contributed by atoms with Crippen LogP contribution in [0.3, 0.4) is 0 Å². The van der Waals surface area contributed by atoms with Crippen LogP contribution in [0.4, 0.5) is 0 Å². The van der Waals surface area contributed by atoms with E-state index in [1.165, 1.54) is 18.4 Å². The average Bonchev–Trinajstić information content (AvgIpc) is 3.09. The lowest BCUT2D eigenvalue weighted by Gasteiger charge is -2.10. The van der Waals surface area contributed by atoms with E-state index in [1.807, 2.05) is 17.5 Å². The smallest absolute Gasteiger partial charge is 0.339 e. The number of hydrogen-bond acceptors (Lipinski definition) is 4. The van der Waals surface area contributed by atoms with Gasteiger partial charge in [-0.3, -0.25) is 4.79 Å². The molecule has 0 aromatic carbocycles. The second kappa shape index (κ2) is 4.66. The highest BCUT2D eigenvalue weighted by Gasteiger charge is 2.24. The molecule has 0 N–H and O–H groups in total. The van der Waals surface area contributed by atoms with Gasteiger partial charge in [0, 0.05) is 17.1 Å². The number of ether oxygens (including phenoxy) is 1. The SMILES string of the molecule is COC(=O)c1cc(-c2cccs2)c(=O)n2c1CCC2. The van der Waals surface area contributed by atoms with E-state index in [2.05, 4.69) is 0 Å². The third-order valence-electron chi connectivity index (χ3n) is 3.39. The third-order valence-corrected chi connectivity index (χ3v) is 4.29. The highest BCUT2D eigenvalue weighted by Crippen LogP contribution is 2.26. The Hall–Kier alpha value is -1.88. The molecule has 0 radical (unpaired) electrons. The van der Waals surface area contributed by atoms with Crippen molar-refractivity contribution in [3.8, 4) is 10.4 Å². The van der Waals surface area contributed by atoms with Gasteiger partial charge >= 0.3 is 5.97 Å². The Morgan fingerprint density at radius 1 is 1.47 bits per heavy atom. The molecule has 4 nitrogen and oxygen atoms in total. The van der Waals surface area contributed by atoms with E-state index in [4.69, 9.17) is 4.74 Å². The summed E-state index contributed by atoms with van der Waals surface area (Å²) in [7, 11) is 1.37. The Kier molecular flexibility index (Phi) is 2.98. The molecule has 0 unspecified atom stereocenters. The molecule has 0 amide bonds. The van der Waals surface area contributed by atoms with Crippen LogP contribution in [0.15, 0.2) is 28.4 Å². The first kappa shape index (κ1) is 12.2. The lowest BCUT2D eigenvalue weighted by atomic mass is 10.1. The number of esters is 1. The van der Waals surface area contributed by atoms with E-state index in [9.17, 15) is 9.59 Å². The second-order valence-corrected chi connectivity index (χ2v) is 5.40. The highest BCUT2D eigenvalue weighted by molar-refractivity contribution is 7.13. The minimum absolute atomic E-state index is 0.0115. The standard InChI is InChI=1S/C14H13NO3S/c1-18-14(17)9-8-10(12-5-3-7-19-12)13(16)15-6-2-4-11(9)15/h3,5,7-8H,2,4,6H2,1H3. The first-order valence-corrected chi connectivity index (χ1v) is 6.99. The molecule has 0 saturated carbocycles. The highest BCUT2D eigenvalue weighted by atomic mass is 32.1. The third kappa shape index (κ3) is 1.90. The maximum Gasteiger partial charge on any atom is 0.339 e. The van der Waals surface area contributed by atoms with Gasteiger partial charge in [0.15, 0.2) is 0 Å². The summed E-state index contributed by atoms with van der Waals surface area (Å²) in [6, 6.07) is 5.47. The van der Waals surface area contributed by atoms with E-state index in [0.717, 1.165) is 23.4 Å². The van der Waals surface area contributed by atoms with Crippen LogP contribution in [0.2, 0.25) is 0 Å². The Morgan fingerprint density at radius 2 is 2.32 bits per heavy atom. The van der Waals surface area contributed by atoms with E-state index in [-0.39, 0.29) is 11.5 Å². The fourth-order valence-corrected chi connectivity index (χ4v) is 3.24. The number of pyridine rings is 1. The number of hydrogen-bond donors (Lipinski definition) is 0. The van der Waals surface area contributed by atoms with Gasteiger partial charge in [0.2, 0.25) is 0 Å². The number of carbonyl (C=O) groups excluding carboxylic acids is 1. The maximum absolute atomic E-state index is 12.4. The molecule has 0 bridgehead atoms. The summed E-state index contributed by atoms with van der Waals surface area (Å²) in [6.07, 6.45) is 1.65. The number of aromatic nitrogens is 1. The minimum Gasteiger partial charge on any atom is -0.465 e. The lowest BCUT2D eigenvalue weighted by Crippen LogP contribution is -2.24. The molecular weight excluding hydrogens is 262 g/mol. The molecule has 2 aromatic heterocycles. The fraction of sp³-hybridized carbons (Fsp3) is 0.286. The van der Waals surface area contributed by atoms with Gasteiger partial charge in [-0.1, -0.05) is 6.07 Å². The van der Waals surface area contributed by atoms with Crippen LogP contribution < -0.4 is 5.56 Å². The van der Waals surface area contributed by atoms with Crippen molar-refractivity contribution in [3.63, 3.8) is 0 Å². The molecule has 0 aliphatic carbocycles. The predicted molar refractivity (Wildman–Crippen MR) is 73.7 cm³/mol. The molecule has 0 atom stereocenters. The summed E-state index contributed by atoms with van der Waals surface area (Å²) < 4.78 is 6.53. The van der Waals surface area contributed by atoms with E-state index >= 15 is 0 Å². The summed E-state index contributed by atoms with van der Waals surface area (Å²) in [6.45, 7) is 0.678.